The number of aromatic nitrogens is 1. The molecule has 0 spiro atoms. The molecule has 0 unspecified atom stereocenters. The van der Waals surface area contributed by atoms with Crippen LogP contribution in [-0.2, 0) is 10.0 Å². The van der Waals surface area contributed by atoms with Gasteiger partial charge in [0.15, 0.2) is 0 Å². The summed E-state index contributed by atoms with van der Waals surface area (Å²) in [5, 5.41) is 4.85. The molecule has 0 fully saturated rings. The van der Waals surface area contributed by atoms with Gasteiger partial charge >= 0.3 is 6.18 Å². The Morgan fingerprint density at radius 2 is 2.06 bits per heavy atom. The summed E-state index contributed by atoms with van der Waals surface area (Å²) < 4.78 is 62.3. The number of nitrogens with zero attached hydrogens (tertiary/aromatic N) is 1. The Morgan fingerprint density at radius 1 is 1.41 bits per heavy atom. The zero-order valence-corrected chi connectivity index (χ0v) is 9.25. The predicted molar refractivity (Wildman–Crippen MR) is 51.8 cm³/mol. The number of ether oxygens (including phenoxy) is 1. The predicted octanol–water partition coefficient (Wildman–Crippen LogP) is 1.06. The Morgan fingerprint density at radius 3 is 2.59 bits per heavy atom. The van der Waals surface area contributed by atoms with Crippen LogP contribution < -0.4 is 9.88 Å². The van der Waals surface area contributed by atoms with Gasteiger partial charge in [-0.05, 0) is 12.1 Å². The first-order chi connectivity index (χ1) is 7.70. The molecule has 1 heterocycles. The third-order valence-corrected chi connectivity index (χ3v) is 2.59. The number of hydrogen-bond acceptors (Lipinski definition) is 4. The molecule has 96 valence electrons. The molecule has 0 aromatic carbocycles. The van der Waals surface area contributed by atoms with Crippen molar-refractivity contribution in [1.29, 1.82) is 0 Å². The molecule has 9 heteroatoms. The summed E-state index contributed by atoms with van der Waals surface area (Å²) >= 11 is 0. The van der Waals surface area contributed by atoms with Gasteiger partial charge in [0.25, 0.3) is 0 Å². The number of sulfonamides is 1. The molecule has 2 N–H and O–H groups in total. The van der Waals surface area contributed by atoms with E-state index in [-0.39, 0.29) is 0 Å². The number of rotatable bonds is 4. The minimum absolute atomic E-state index is 0.431. The molecule has 0 bridgehead atoms. The zero-order valence-electron chi connectivity index (χ0n) is 8.44. The van der Waals surface area contributed by atoms with Crippen molar-refractivity contribution in [2.24, 2.45) is 5.14 Å². The van der Waals surface area contributed by atoms with Crippen molar-refractivity contribution in [2.75, 3.05) is 6.61 Å². The first kappa shape index (κ1) is 13.7. The Bertz CT molecular complexity index is 487. The van der Waals surface area contributed by atoms with E-state index in [1.807, 2.05) is 0 Å². The van der Waals surface area contributed by atoms with Crippen LogP contribution in [0.3, 0.4) is 0 Å². The smallest absolute Gasteiger partial charge is 0.392 e. The molecule has 0 aliphatic heterocycles. The fourth-order valence-electron chi connectivity index (χ4n) is 0.964. The summed E-state index contributed by atoms with van der Waals surface area (Å²) in [6.07, 6.45) is -4.39. The SMILES string of the molecule is NS(=O)(=O)c1cccnc1OCCC(F)(F)F. The van der Waals surface area contributed by atoms with Crippen LogP contribution in [0.15, 0.2) is 23.2 Å². The van der Waals surface area contributed by atoms with Crippen molar-refractivity contribution in [3.05, 3.63) is 18.3 Å². The highest BCUT2D eigenvalue weighted by Crippen LogP contribution is 2.22. The van der Waals surface area contributed by atoms with Crippen LogP contribution >= 0.6 is 0 Å². The lowest BCUT2D eigenvalue weighted by molar-refractivity contribution is -0.139. The van der Waals surface area contributed by atoms with Crippen molar-refractivity contribution in [2.45, 2.75) is 17.5 Å². The molecule has 0 aliphatic rings. The maximum absolute atomic E-state index is 11.8. The lowest BCUT2D eigenvalue weighted by Crippen LogP contribution is -2.17. The Kier molecular flexibility index (Phi) is 3.94. The van der Waals surface area contributed by atoms with E-state index in [1.165, 1.54) is 12.3 Å². The number of hydrogen-bond donors (Lipinski definition) is 1. The maximum Gasteiger partial charge on any atom is 0.392 e. The molecule has 0 radical (unpaired) electrons. The number of pyridine rings is 1. The second kappa shape index (κ2) is 4.88. The van der Waals surface area contributed by atoms with Crippen LogP contribution in [0, 0.1) is 0 Å². The van der Waals surface area contributed by atoms with Crippen molar-refractivity contribution in [3.8, 4) is 5.88 Å². The van der Waals surface area contributed by atoms with Gasteiger partial charge in [0, 0.05) is 6.20 Å². The fourth-order valence-corrected chi connectivity index (χ4v) is 1.59. The van der Waals surface area contributed by atoms with E-state index < -0.39 is 40.0 Å². The molecule has 0 aliphatic carbocycles. The van der Waals surface area contributed by atoms with Crippen LogP contribution in [0.2, 0.25) is 0 Å². The standard InChI is InChI=1S/C8H9F3N2O3S/c9-8(10,11)3-5-16-7-6(17(12,14)15)2-1-4-13-7/h1-2,4H,3,5H2,(H2,12,14,15). The Hall–Kier alpha value is -1.35. The van der Waals surface area contributed by atoms with Crippen molar-refractivity contribution in [1.82, 2.24) is 4.98 Å². The molecule has 0 saturated carbocycles. The fraction of sp³-hybridized carbons (Fsp3) is 0.375. The van der Waals surface area contributed by atoms with Crippen molar-refractivity contribution < 1.29 is 26.3 Å². The highest BCUT2D eigenvalue weighted by Gasteiger charge is 2.27. The van der Waals surface area contributed by atoms with Crippen LogP contribution in [0.25, 0.3) is 0 Å². The molecule has 1 aromatic heterocycles. The van der Waals surface area contributed by atoms with Crippen LogP contribution in [0.5, 0.6) is 5.88 Å². The number of alkyl halides is 3. The van der Waals surface area contributed by atoms with Crippen molar-refractivity contribution in [3.63, 3.8) is 0 Å². The summed E-state index contributed by atoms with van der Waals surface area (Å²) in [6, 6.07) is 2.39. The summed E-state index contributed by atoms with van der Waals surface area (Å²) in [6.45, 7) is -0.719. The average Bonchev–Trinajstić information content (AvgIpc) is 2.15. The molecule has 0 saturated heterocycles. The zero-order chi connectivity index (χ0) is 13.1. The van der Waals surface area contributed by atoms with Gasteiger partial charge in [0.2, 0.25) is 15.9 Å². The second-order valence-electron chi connectivity index (χ2n) is 3.07. The Balaban J connectivity index is 2.79. The molecular formula is C8H9F3N2O3S. The normalized spacial score (nSPS) is 12.5. The van der Waals surface area contributed by atoms with E-state index in [4.69, 9.17) is 5.14 Å². The monoisotopic (exact) mass is 270 g/mol. The van der Waals surface area contributed by atoms with Gasteiger partial charge in [0.1, 0.15) is 4.90 Å². The minimum atomic E-state index is -4.38. The van der Waals surface area contributed by atoms with E-state index in [1.54, 1.807) is 0 Å². The number of nitrogens with two attached hydrogens (primary N) is 1. The summed E-state index contributed by atoms with van der Waals surface area (Å²) in [4.78, 5) is 3.07. The lowest BCUT2D eigenvalue weighted by Gasteiger charge is -2.09. The van der Waals surface area contributed by atoms with Crippen LogP contribution in [0.4, 0.5) is 13.2 Å². The van der Waals surface area contributed by atoms with Gasteiger partial charge < -0.3 is 4.74 Å². The largest absolute Gasteiger partial charge is 0.476 e. The van der Waals surface area contributed by atoms with Gasteiger partial charge in [-0.2, -0.15) is 13.2 Å². The van der Waals surface area contributed by atoms with Gasteiger partial charge in [0.05, 0.1) is 13.0 Å². The van der Waals surface area contributed by atoms with E-state index in [0.29, 0.717) is 0 Å². The van der Waals surface area contributed by atoms with E-state index in [9.17, 15) is 21.6 Å². The molecule has 5 nitrogen and oxygen atoms in total. The molecule has 0 atom stereocenters. The molecule has 0 amide bonds. The third kappa shape index (κ3) is 4.57. The number of primary sulfonamides is 1. The van der Waals surface area contributed by atoms with Crippen LogP contribution in [0.1, 0.15) is 6.42 Å². The lowest BCUT2D eigenvalue weighted by atomic mass is 10.4. The quantitative estimate of drug-likeness (QED) is 0.886. The van der Waals surface area contributed by atoms with Gasteiger partial charge in [-0.15, -0.1) is 0 Å². The summed E-state index contributed by atoms with van der Waals surface area (Å²) in [5.41, 5.74) is 0. The first-order valence-corrected chi connectivity index (χ1v) is 5.92. The average molecular weight is 270 g/mol. The summed E-state index contributed by atoms with van der Waals surface area (Å²) in [7, 11) is -4.07. The molecular weight excluding hydrogens is 261 g/mol. The van der Waals surface area contributed by atoms with Gasteiger partial charge in [-0.1, -0.05) is 0 Å². The van der Waals surface area contributed by atoms with Crippen molar-refractivity contribution >= 4 is 10.0 Å². The third-order valence-electron chi connectivity index (χ3n) is 1.67. The Labute approximate surface area is 95.5 Å². The summed E-state index contributed by atoms with van der Waals surface area (Å²) in [5.74, 6) is -0.431. The van der Waals surface area contributed by atoms with Gasteiger partial charge in [-0.3, -0.25) is 0 Å². The number of halogens is 3. The van der Waals surface area contributed by atoms with Crippen LogP contribution in [-0.4, -0.2) is 26.2 Å². The molecule has 17 heavy (non-hydrogen) atoms. The highest BCUT2D eigenvalue weighted by atomic mass is 32.2. The van der Waals surface area contributed by atoms with Gasteiger partial charge in [-0.25, -0.2) is 18.5 Å². The van der Waals surface area contributed by atoms with E-state index in [0.717, 1.165) is 6.07 Å². The molecule has 1 rings (SSSR count). The maximum atomic E-state index is 11.8. The minimum Gasteiger partial charge on any atom is -0.476 e. The second-order valence-corrected chi connectivity index (χ2v) is 4.60. The highest BCUT2D eigenvalue weighted by molar-refractivity contribution is 7.89. The van der Waals surface area contributed by atoms with E-state index >= 15 is 0 Å². The molecule has 1 aromatic rings. The first-order valence-electron chi connectivity index (χ1n) is 4.37. The topological polar surface area (TPSA) is 82.3 Å². The van der Waals surface area contributed by atoms with E-state index in [2.05, 4.69) is 9.72 Å².